The number of carbonyl (C=O) groups excluding carboxylic acids is 1. The summed E-state index contributed by atoms with van der Waals surface area (Å²) in [5, 5.41) is 5.49. The third-order valence-electron chi connectivity index (χ3n) is 3.91. The second-order valence-electron chi connectivity index (χ2n) is 5.97. The zero-order valence-electron chi connectivity index (χ0n) is 15.2. The normalized spacial score (nSPS) is 11.8. The first-order valence-electron chi connectivity index (χ1n) is 8.51. The van der Waals surface area contributed by atoms with Gasteiger partial charge < -0.3 is 14.8 Å². The van der Waals surface area contributed by atoms with Crippen LogP contribution < -0.4 is 10.1 Å². The molecule has 0 spiro atoms. The fourth-order valence-electron chi connectivity index (χ4n) is 2.46. The SMILES string of the molecule is COCc1nc(C(=O)NC(C)c2ccc(OCc3cccnc3)cc2)cs1. The first kappa shape index (κ1) is 19.0. The minimum absolute atomic E-state index is 0.141. The molecule has 1 atom stereocenters. The highest BCUT2D eigenvalue weighted by atomic mass is 32.1. The van der Waals surface area contributed by atoms with Crippen LogP contribution in [0, 0.1) is 0 Å². The van der Waals surface area contributed by atoms with Crippen molar-refractivity contribution in [3.63, 3.8) is 0 Å². The average Bonchev–Trinajstić information content (AvgIpc) is 3.17. The van der Waals surface area contributed by atoms with Gasteiger partial charge in [-0.3, -0.25) is 9.78 Å². The zero-order valence-corrected chi connectivity index (χ0v) is 16.0. The molecule has 27 heavy (non-hydrogen) atoms. The number of pyridine rings is 1. The molecule has 1 amide bonds. The highest BCUT2D eigenvalue weighted by molar-refractivity contribution is 7.09. The van der Waals surface area contributed by atoms with E-state index in [4.69, 9.17) is 9.47 Å². The van der Waals surface area contributed by atoms with Crippen LogP contribution >= 0.6 is 11.3 Å². The van der Waals surface area contributed by atoms with Crippen LogP contribution in [-0.4, -0.2) is 23.0 Å². The molecule has 0 saturated carbocycles. The van der Waals surface area contributed by atoms with Crippen LogP contribution in [0.1, 0.15) is 39.6 Å². The van der Waals surface area contributed by atoms with E-state index in [2.05, 4.69) is 15.3 Å². The lowest BCUT2D eigenvalue weighted by molar-refractivity contribution is 0.0935. The fourth-order valence-corrected chi connectivity index (χ4v) is 3.21. The Morgan fingerprint density at radius 1 is 1.22 bits per heavy atom. The van der Waals surface area contributed by atoms with Crippen molar-refractivity contribution < 1.29 is 14.3 Å². The van der Waals surface area contributed by atoms with Gasteiger partial charge in [-0.15, -0.1) is 11.3 Å². The Balaban J connectivity index is 1.54. The molecule has 0 fully saturated rings. The monoisotopic (exact) mass is 383 g/mol. The molecule has 0 aliphatic heterocycles. The minimum Gasteiger partial charge on any atom is -0.489 e. The number of carbonyl (C=O) groups is 1. The maximum Gasteiger partial charge on any atom is 0.271 e. The molecule has 3 rings (SSSR count). The first-order valence-corrected chi connectivity index (χ1v) is 9.39. The van der Waals surface area contributed by atoms with Crippen molar-refractivity contribution in [2.75, 3.05) is 7.11 Å². The summed E-state index contributed by atoms with van der Waals surface area (Å²) in [5.74, 6) is 0.572. The summed E-state index contributed by atoms with van der Waals surface area (Å²) >= 11 is 1.41. The van der Waals surface area contributed by atoms with E-state index >= 15 is 0 Å². The van der Waals surface area contributed by atoms with Gasteiger partial charge in [0.2, 0.25) is 0 Å². The van der Waals surface area contributed by atoms with E-state index in [9.17, 15) is 4.79 Å². The van der Waals surface area contributed by atoms with Gasteiger partial charge in [0.15, 0.2) is 0 Å². The van der Waals surface area contributed by atoms with Crippen molar-refractivity contribution in [1.29, 1.82) is 0 Å². The Kier molecular flexibility index (Phi) is 6.51. The van der Waals surface area contributed by atoms with Crippen LogP contribution in [0.2, 0.25) is 0 Å². The summed E-state index contributed by atoms with van der Waals surface area (Å²) in [5.41, 5.74) is 2.41. The van der Waals surface area contributed by atoms with Gasteiger partial charge in [-0.05, 0) is 30.7 Å². The lowest BCUT2D eigenvalue weighted by Gasteiger charge is -2.14. The van der Waals surface area contributed by atoms with Crippen LogP contribution in [0.3, 0.4) is 0 Å². The summed E-state index contributed by atoms with van der Waals surface area (Å²) in [7, 11) is 1.60. The molecule has 2 heterocycles. The third-order valence-corrected chi connectivity index (χ3v) is 4.73. The number of benzene rings is 1. The number of nitrogens with zero attached hydrogens (tertiary/aromatic N) is 2. The molecule has 1 aromatic carbocycles. The van der Waals surface area contributed by atoms with Crippen molar-refractivity contribution in [1.82, 2.24) is 15.3 Å². The molecule has 0 aliphatic carbocycles. The van der Waals surface area contributed by atoms with Crippen LogP contribution in [0.4, 0.5) is 0 Å². The number of rotatable bonds is 8. The van der Waals surface area contributed by atoms with Gasteiger partial charge >= 0.3 is 0 Å². The van der Waals surface area contributed by atoms with Crippen molar-refractivity contribution in [3.8, 4) is 5.75 Å². The second-order valence-corrected chi connectivity index (χ2v) is 6.92. The predicted octanol–water partition coefficient (Wildman–Crippen LogP) is 3.75. The van der Waals surface area contributed by atoms with E-state index < -0.39 is 0 Å². The standard InChI is InChI=1S/C20H21N3O3S/c1-14(22-20(24)18-13-27-19(23-18)12-25-2)16-5-7-17(8-6-16)26-11-15-4-3-9-21-10-15/h3-10,13-14H,11-12H2,1-2H3,(H,22,24). The van der Waals surface area contributed by atoms with E-state index in [1.54, 1.807) is 24.9 Å². The highest BCUT2D eigenvalue weighted by Crippen LogP contribution is 2.19. The number of hydrogen-bond donors (Lipinski definition) is 1. The Hall–Kier alpha value is -2.77. The number of methoxy groups -OCH3 is 1. The molecule has 0 aliphatic rings. The number of thiazole rings is 1. The van der Waals surface area contributed by atoms with Gasteiger partial charge in [-0.1, -0.05) is 18.2 Å². The van der Waals surface area contributed by atoms with Gasteiger partial charge in [0.1, 0.15) is 23.1 Å². The number of amides is 1. The Morgan fingerprint density at radius 3 is 2.74 bits per heavy atom. The van der Waals surface area contributed by atoms with E-state index in [0.717, 1.165) is 21.9 Å². The number of nitrogens with one attached hydrogen (secondary N) is 1. The molecule has 0 saturated heterocycles. The maximum atomic E-state index is 12.3. The molecule has 0 bridgehead atoms. The minimum atomic E-state index is -0.196. The fraction of sp³-hybridized carbons (Fsp3) is 0.250. The van der Waals surface area contributed by atoms with Crippen LogP contribution in [-0.2, 0) is 18.0 Å². The van der Waals surface area contributed by atoms with E-state index in [0.29, 0.717) is 18.9 Å². The van der Waals surface area contributed by atoms with Gasteiger partial charge in [0.05, 0.1) is 12.6 Å². The van der Waals surface area contributed by atoms with Gasteiger partial charge in [-0.25, -0.2) is 4.98 Å². The van der Waals surface area contributed by atoms with Crippen molar-refractivity contribution in [3.05, 3.63) is 76.0 Å². The molecule has 6 nitrogen and oxygen atoms in total. The first-order chi connectivity index (χ1) is 13.2. The average molecular weight is 383 g/mol. The molecule has 7 heteroatoms. The maximum absolute atomic E-state index is 12.3. The zero-order chi connectivity index (χ0) is 19.1. The summed E-state index contributed by atoms with van der Waals surface area (Å²) in [6.45, 7) is 2.81. The summed E-state index contributed by atoms with van der Waals surface area (Å²) < 4.78 is 10.8. The predicted molar refractivity (Wildman–Crippen MR) is 104 cm³/mol. The number of aromatic nitrogens is 2. The Bertz CT molecular complexity index is 866. The summed E-state index contributed by atoms with van der Waals surface area (Å²) in [6, 6.07) is 11.4. The lowest BCUT2D eigenvalue weighted by atomic mass is 10.1. The number of hydrogen-bond acceptors (Lipinski definition) is 6. The molecule has 2 aromatic heterocycles. The van der Waals surface area contributed by atoms with E-state index in [-0.39, 0.29) is 11.9 Å². The molecule has 3 aromatic rings. The Morgan fingerprint density at radius 2 is 2.04 bits per heavy atom. The van der Waals surface area contributed by atoms with Crippen LogP contribution in [0.15, 0.2) is 54.2 Å². The molecule has 1 N–H and O–H groups in total. The van der Waals surface area contributed by atoms with Crippen molar-refractivity contribution in [2.45, 2.75) is 26.2 Å². The topological polar surface area (TPSA) is 73.3 Å². The molecular weight excluding hydrogens is 362 g/mol. The number of ether oxygens (including phenoxy) is 2. The Labute approximate surface area is 162 Å². The largest absolute Gasteiger partial charge is 0.489 e. The highest BCUT2D eigenvalue weighted by Gasteiger charge is 2.14. The second kappa shape index (κ2) is 9.25. The van der Waals surface area contributed by atoms with E-state index in [1.165, 1.54) is 11.3 Å². The summed E-state index contributed by atoms with van der Waals surface area (Å²) in [4.78, 5) is 20.7. The van der Waals surface area contributed by atoms with Crippen molar-refractivity contribution in [2.24, 2.45) is 0 Å². The smallest absolute Gasteiger partial charge is 0.271 e. The third kappa shape index (κ3) is 5.35. The van der Waals surface area contributed by atoms with Gasteiger partial charge in [0.25, 0.3) is 5.91 Å². The lowest BCUT2D eigenvalue weighted by Crippen LogP contribution is -2.26. The van der Waals surface area contributed by atoms with Crippen LogP contribution in [0.25, 0.3) is 0 Å². The quantitative estimate of drug-likeness (QED) is 0.641. The molecule has 140 valence electrons. The molecule has 0 radical (unpaired) electrons. The van der Waals surface area contributed by atoms with Gasteiger partial charge in [-0.2, -0.15) is 0 Å². The van der Waals surface area contributed by atoms with E-state index in [1.807, 2.05) is 43.3 Å². The van der Waals surface area contributed by atoms with Crippen molar-refractivity contribution >= 4 is 17.2 Å². The van der Waals surface area contributed by atoms with Gasteiger partial charge in [0, 0.05) is 30.4 Å². The molecule has 1 unspecified atom stereocenters. The van der Waals surface area contributed by atoms with Crippen LogP contribution in [0.5, 0.6) is 5.75 Å². The summed E-state index contributed by atoms with van der Waals surface area (Å²) in [6.07, 6.45) is 3.51. The molecular formula is C20H21N3O3S.